The van der Waals surface area contributed by atoms with E-state index in [0.29, 0.717) is 44.2 Å². The summed E-state index contributed by atoms with van der Waals surface area (Å²) in [7, 11) is 0. The number of carbonyl (C=O) groups excluding carboxylic acids is 2. The second-order valence-corrected chi connectivity index (χ2v) is 7.39. The van der Waals surface area contributed by atoms with Crippen LogP contribution in [0.3, 0.4) is 0 Å². The molecule has 2 aromatic rings. The number of aliphatic hydroxyl groups is 1. The van der Waals surface area contributed by atoms with Gasteiger partial charge in [0, 0.05) is 36.3 Å². The molecule has 2 heterocycles. The second kappa shape index (κ2) is 7.94. The number of hydrogen-bond acceptors (Lipinski definition) is 7. The SMILES string of the molecule is O=C(C[C@@]1(O)C(=O)N(CN2CCOCC2)c2ccccc21)c1ccc([N+](=O)[O-])cc1. The van der Waals surface area contributed by atoms with Crippen molar-refractivity contribution >= 4 is 23.1 Å². The van der Waals surface area contributed by atoms with Crippen LogP contribution >= 0.6 is 0 Å². The summed E-state index contributed by atoms with van der Waals surface area (Å²) >= 11 is 0. The summed E-state index contributed by atoms with van der Waals surface area (Å²) in [6.45, 7) is 2.80. The molecular weight excluding hydrogens is 390 g/mol. The number of rotatable bonds is 6. The first-order valence-electron chi connectivity index (χ1n) is 9.62. The van der Waals surface area contributed by atoms with Gasteiger partial charge in [-0.3, -0.25) is 29.5 Å². The van der Waals surface area contributed by atoms with Crippen LogP contribution in [-0.2, 0) is 15.1 Å². The van der Waals surface area contributed by atoms with Gasteiger partial charge in [-0.05, 0) is 18.2 Å². The number of fused-ring (bicyclic) bond motifs is 1. The molecule has 30 heavy (non-hydrogen) atoms. The largest absolute Gasteiger partial charge is 0.379 e. The maximum atomic E-state index is 13.2. The van der Waals surface area contributed by atoms with Crippen LogP contribution in [0.15, 0.2) is 48.5 Å². The van der Waals surface area contributed by atoms with E-state index in [-0.39, 0.29) is 11.3 Å². The topological polar surface area (TPSA) is 113 Å². The highest BCUT2D eigenvalue weighted by atomic mass is 16.6. The highest BCUT2D eigenvalue weighted by Crippen LogP contribution is 2.43. The Morgan fingerprint density at radius 3 is 2.47 bits per heavy atom. The Balaban J connectivity index is 1.59. The monoisotopic (exact) mass is 411 g/mol. The standard InChI is InChI=1S/C21H21N3O6/c25-19(15-5-7-16(8-6-15)24(28)29)13-21(27)17-3-1-2-4-18(17)23(20(21)26)14-22-9-11-30-12-10-22/h1-8,27H,9-14H2/t21-/m0/s1. The molecule has 0 spiro atoms. The molecule has 0 unspecified atom stereocenters. The fraction of sp³-hybridized carbons (Fsp3) is 0.333. The number of nitro groups is 1. The van der Waals surface area contributed by atoms with E-state index in [9.17, 15) is 24.8 Å². The number of nitrogens with zero attached hydrogens (tertiary/aromatic N) is 3. The number of Topliss-reactive ketones (excluding diaryl/α,β-unsaturated/α-hetero) is 1. The quantitative estimate of drug-likeness (QED) is 0.437. The van der Waals surface area contributed by atoms with Gasteiger partial charge in [-0.1, -0.05) is 18.2 Å². The van der Waals surface area contributed by atoms with Gasteiger partial charge in [0.2, 0.25) is 0 Å². The average molecular weight is 411 g/mol. The normalized spacial score (nSPS) is 21.5. The first-order valence-corrected chi connectivity index (χ1v) is 9.62. The Hall–Kier alpha value is -3.14. The lowest BCUT2D eigenvalue weighted by atomic mass is 9.88. The lowest BCUT2D eigenvalue weighted by Gasteiger charge is -2.31. The number of hydrogen-bond donors (Lipinski definition) is 1. The number of carbonyl (C=O) groups is 2. The van der Waals surface area contributed by atoms with Gasteiger partial charge in [0.05, 0.1) is 36.9 Å². The van der Waals surface area contributed by atoms with E-state index in [0.717, 1.165) is 0 Å². The van der Waals surface area contributed by atoms with E-state index in [2.05, 4.69) is 4.90 Å². The predicted molar refractivity (Wildman–Crippen MR) is 107 cm³/mol. The molecule has 1 fully saturated rings. The van der Waals surface area contributed by atoms with Crippen molar-refractivity contribution in [2.75, 3.05) is 37.9 Å². The van der Waals surface area contributed by atoms with E-state index in [1.165, 1.54) is 29.2 Å². The van der Waals surface area contributed by atoms with Crippen LogP contribution in [0, 0.1) is 10.1 Å². The fourth-order valence-corrected chi connectivity index (χ4v) is 3.86. The molecule has 1 atom stereocenters. The maximum Gasteiger partial charge on any atom is 0.269 e. The number of anilines is 1. The van der Waals surface area contributed by atoms with Crippen molar-refractivity contribution < 1.29 is 24.4 Å². The summed E-state index contributed by atoms with van der Waals surface area (Å²) in [6.07, 6.45) is -0.444. The van der Waals surface area contributed by atoms with Crippen LogP contribution in [0.5, 0.6) is 0 Å². The molecular formula is C21H21N3O6. The van der Waals surface area contributed by atoms with Crippen LogP contribution in [0.1, 0.15) is 22.3 Å². The average Bonchev–Trinajstić information content (AvgIpc) is 2.96. The zero-order valence-corrected chi connectivity index (χ0v) is 16.2. The molecule has 0 aliphatic carbocycles. The molecule has 0 aromatic heterocycles. The number of para-hydroxylation sites is 1. The second-order valence-electron chi connectivity index (χ2n) is 7.39. The first kappa shape index (κ1) is 20.1. The van der Waals surface area contributed by atoms with E-state index in [4.69, 9.17) is 4.74 Å². The summed E-state index contributed by atoms with van der Waals surface area (Å²) in [6, 6.07) is 12.0. The molecule has 9 heteroatoms. The zero-order chi connectivity index (χ0) is 21.3. The number of amides is 1. The molecule has 2 aromatic carbocycles. The van der Waals surface area contributed by atoms with Gasteiger partial charge in [0.1, 0.15) is 0 Å². The van der Waals surface area contributed by atoms with Crippen molar-refractivity contribution in [3.8, 4) is 0 Å². The van der Waals surface area contributed by atoms with E-state index in [1.807, 2.05) is 0 Å². The fourth-order valence-electron chi connectivity index (χ4n) is 3.86. The van der Waals surface area contributed by atoms with Crippen LogP contribution in [0.25, 0.3) is 0 Å². The molecule has 1 N–H and O–H groups in total. The molecule has 0 radical (unpaired) electrons. The van der Waals surface area contributed by atoms with E-state index in [1.54, 1.807) is 24.3 Å². The molecule has 4 rings (SSSR count). The zero-order valence-electron chi connectivity index (χ0n) is 16.2. The summed E-state index contributed by atoms with van der Waals surface area (Å²) in [5.74, 6) is -1.02. The number of nitro benzene ring substituents is 1. The Morgan fingerprint density at radius 1 is 1.13 bits per heavy atom. The number of ketones is 1. The first-order chi connectivity index (χ1) is 14.4. The van der Waals surface area contributed by atoms with Crippen LogP contribution < -0.4 is 4.90 Å². The highest BCUT2D eigenvalue weighted by molar-refractivity contribution is 6.10. The van der Waals surface area contributed by atoms with Gasteiger partial charge in [-0.2, -0.15) is 0 Å². The molecule has 0 saturated carbocycles. The van der Waals surface area contributed by atoms with E-state index >= 15 is 0 Å². The third-order valence-corrected chi connectivity index (χ3v) is 5.50. The molecule has 1 saturated heterocycles. The maximum absolute atomic E-state index is 13.2. The van der Waals surface area contributed by atoms with Crippen molar-refractivity contribution in [3.63, 3.8) is 0 Å². The number of morpholine rings is 1. The van der Waals surface area contributed by atoms with Crippen molar-refractivity contribution in [3.05, 3.63) is 69.8 Å². The van der Waals surface area contributed by atoms with Crippen LogP contribution in [0.4, 0.5) is 11.4 Å². The molecule has 2 aliphatic heterocycles. The lowest BCUT2D eigenvalue weighted by Crippen LogP contribution is -2.49. The minimum atomic E-state index is -1.98. The Labute approximate surface area is 172 Å². The lowest BCUT2D eigenvalue weighted by molar-refractivity contribution is -0.384. The predicted octanol–water partition coefficient (Wildman–Crippen LogP) is 1.69. The number of ether oxygens (including phenoxy) is 1. The van der Waals surface area contributed by atoms with Gasteiger partial charge in [-0.15, -0.1) is 0 Å². The van der Waals surface area contributed by atoms with Crippen molar-refractivity contribution in [2.45, 2.75) is 12.0 Å². The number of benzene rings is 2. The molecule has 2 aliphatic rings. The van der Waals surface area contributed by atoms with Crippen LogP contribution in [-0.4, -0.2) is 59.6 Å². The van der Waals surface area contributed by atoms with Gasteiger partial charge in [-0.25, -0.2) is 0 Å². The summed E-state index contributed by atoms with van der Waals surface area (Å²) in [4.78, 5) is 39.9. The van der Waals surface area contributed by atoms with Crippen molar-refractivity contribution in [1.29, 1.82) is 0 Å². The van der Waals surface area contributed by atoms with Crippen molar-refractivity contribution in [1.82, 2.24) is 4.90 Å². The Kier molecular flexibility index (Phi) is 5.33. The van der Waals surface area contributed by atoms with Gasteiger partial charge < -0.3 is 9.84 Å². The molecule has 156 valence electrons. The Morgan fingerprint density at radius 2 is 1.80 bits per heavy atom. The third kappa shape index (κ3) is 3.58. The van der Waals surface area contributed by atoms with Gasteiger partial charge in [0.15, 0.2) is 11.4 Å². The smallest absolute Gasteiger partial charge is 0.269 e. The summed E-state index contributed by atoms with van der Waals surface area (Å²) in [5.41, 5.74) is -0.955. The van der Waals surface area contributed by atoms with E-state index < -0.39 is 28.6 Å². The summed E-state index contributed by atoms with van der Waals surface area (Å²) < 4.78 is 5.34. The minimum absolute atomic E-state index is 0.135. The summed E-state index contributed by atoms with van der Waals surface area (Å²) in [5, 5.41) is 22.1. The molecule has 9 nitrogen and oxygen atoms in total. The molecule has 0 bridgehead atoms. The van der Waals surface area contributed by atoms with Crippen molar-refractivity contribution in [2.24, 2.45) is 0 Å². The van der Waals surface area contributed by atoms with Crippen LogP contribution in [0.2, 0.25) is 0 Å². The third-order valence-electron chi connectivity index (χ3n) is 5.50. The van der Waals surface area contributed by atoms with Gasteiger partial charge in [0.25, 0.3) is 11.6 Å². The minimum Gasteiger partial charge on any atom is -0.379 e. The Bertz CT molecular complexity index is 986. The molecule has 1 amide bonds. The number of non-ortho nitro benzene ring substituents is 1. The highest BCUT2D eigenvalue weighted by Gasteiger charge is 2.51. The van der Waals surface area contributed by atoms with Gasteiger partial charge >= 0.3 is 0 Å².